The molecule has 0 radical (unpaired) electrons. The van der Waals surface area contributed by atoms with Crippen molar-refractivity contribution in [2.75, 3.05) is 31.1 Å². The van der Waals surface area contributed by atoms with Gasteiger partial charge in [0, 0.05) is 44.0 Å². The molecule has 23 heavy (non-hydrogen) atoms. The summed E-state index contributed by atoms with van der Waals surface area (Å²) in [5, 5.41) is 10.7. The van der Waals surface area contributed by atoms with Gasteiger partial charge in [0.05, 0.1) is 13.6 Å². The maximum absolute atomic E-state index is 12.4. The second kappa shape index (κ2) is 6.67. The minimum Gasteiger partial charge on any atom is -0.368 e. The summed E-state index contributed by atoms with van der Waals surface area (Å²) in [5.41, 5.74) is 1.03. The fraction of sp³-hybridized carbons (Fsp3) is 0.267. The first-order chi connectivity index (χ1) is 11.0. The lowest BCUT2D eigenvalue weighted by atomic mass is 10.2. The highest BCUT2D eigenvalue weighted by Gasteiger charge is 2.23. The Balaban J connectivity index is 1.61. The summed E-state index contributed by atoms with van der Waals surface area (Å²) in [6.45, 7) is 2.73. The molecule has 1 saturated heterocycles. The third kappa shape index (κ3) is 3.53. The molecule has 1 aromatic carbocycles. The minimum absolute atomic E-state index is 0.0593. The number of hydrogen-bond donors (Lipinski definition) is 0. The van der Waals surface area contributed by atoms with Gasteiger partial charge in [0.25, 0.3) is 11.6 Å². The molecular formula is C15H14BrN3O3S. The van der Waals surface area contributed by atoms with Crippen LogP contribution in [0.15, 0.2) is 40.2 Å². The lowest BCUT2D eigenvalue weighted by Crippen LogP contribution is -2.48. The van der Waals surface area contributed by atoms with Crippen LogP contribution in [0.1, 0.15) is 9.67 Å². The summed E-state index contributed by atoms with van der Waals surface area (Å²) < 4.78 is 0.949. The molecule has 0 aliphatic carbocycles. The van der Waals surface area contributed by atoms with Crippen LogP contribution in [0, 0.1) is 10.1 Å². The Morgan fingerprint density at radius 2 is 1.74 bits per heavy atom. The van der Waals surface area contributed by atoms with Crippen LogP contribution in [0.3, 0.4) is 0 Å². The van der Waals surface area contributed by atoms with Gasteiger partial charge in [-0.1, -0.05) is 0 Å². The van der Waals surface area contributed by atoms with Gasteiger partial charge in [0.15, 0.2) is 0 Å². The molecule has 120 valence electrons. The van der Waals surface area contributed by atoms with Crippen LogP contribution in [0.5, 0.6) is 0 Å². The molecule has 8 heteroatoms. The number of nitro benzene ring substituents is 1. The van der Waals surface area contributed by atoms with Crippen molar-refractivity contribution in [2.24, 2.45) is 0 Å². The summed E-state index contributed by atoms with van der Waals surface area (Å²) in [6.07, 6.45) is 0. The predicted octanol–water partition coefficient (Wildman–Crippen LogP) is 3.38. The number of benzene rings is 1. The molecule has 6 nitrogen and oxygen atoms in total. The molecule has 0 spiro atoms. The van der Waals surface area contributed by atoms with E-state index in [2.05, 4.69) is 20.8 Å². The Morgan fingerprint density at radius 3 is 2.26 bits per heavy atom. The summed E-state index contributed by atoms with van der Waals surface area (Å²) in [4.78, 5) is 27.4. The largest absolute Gasteiger partial charge is 0.368 e. The number of carbonyl (C=O) groups excluding carboxylic acids is 1. The van der Waals surface area contributed by atoms with Crippen molar-refractivity contribution in [1.82, 2.24) is 4.90 Å². The van der Waals surface area contributed by atoms with E-state index >= 15 is 0 Å². The molecule has 0 saturated carbocycles. The number of rotatable bonds is 3. The highest BCUT2D eigenvalue weighted by Crippen LogP contribution is 2.25. The van der Waals surface area contributed by atoms with E-state index in [9.17, 15) is 14.9 Å². The number of hydrogen-bond acceptors (Lipinski definition) is 5. The average Bonchev–Trinajstić information content (AvgIpc) is 3.01. The van der Waals surface area contributed by atoms with Gasteiger partial charge in [-0.05, 0) is 40.2 Å². The van der Waals surface area contributed by atoms with Crippen LogP contribution in [-0.4, -0.2) is 41.9 Å². The van der Waals surface area contributed by atoms with Gasteiger partial charge < -0.3 is 9.80 Å². The minimum atomic E-state index is -0.403. The number of nitro groups is 1. The number of piperazine rings is 1. The van der Waals surface area contributed by atoms with Crippen LogP contribution in [0.2, 0.25) is 0 Å². The molecule has 0 unspecified atom stereocenters. The highest BCUT2D eigenvalue weighted by atomic mass is 79.9. The molecule has 2 heterocycles. The number of non-ortho nitro benzene ring substituents is 1. The average molecular weight is 396 g/mol. The summed E-state index contributed by atoms with van der Waals surface area (Å²) in [5.74, 6) is 0.0593. The Morgan fingerprint density at radius 1 is 1.09 bits per heavy atom. The molecule has 0 atom stereocenters. The van der Waals surface area contributed by atoms with E-state index in [1.807, 2.05) is 17.0 Å². The Labute approximate surface area is 145 Å². The number of amides is 1. The normalized spacial score (nSPS) is 14.8. The van der Waals surface area contributed by atoms with E-state index in [0.29, 0.717) is 13.1 Å². The van der Waals surface area contributed by atoms with Gasteiger partial charge in [0.1, 0.15) is 0 Å². The lowest BCUT2D eigenvalue weighted by Gasteiger charge is -2.35. The maximum Gasteiger partial charge on any atom is 0.269 e. The Kier molecular flexibility index (Phi) is 4.63. The third-order valence-corrected chi connectivity index (χ3v) is 5.39. The smallest absolute Gasteiger partial charge is 0.269 e. The number of anilines is 1. The van der Waals surface area contributed by atoms with Crippen molar-refractivity contribution in [3.8, 4) is 0 Å². The molecule has 0 N–H and O–H groups in total. The van der Waals surface area contributed by atoms with Crippen LogP contribution < -0.4 is 4.90 Å². The molecule has 2 aromatic rings. The number of thiophene rings is 1. The molecule has 1 aromatic heterocycles. The summed E-state index contributed by atoms with van der Waals surface area (Å²) in [6, 6.07) is 10.2. The number of halogens is 1. The van der Waals surface area contributed by atoms with Crippen LogP contribution in [-0.2, 0) is 0 Å². The molecule has 1 aliphatic rings. The fourth-order valence-electron chi connectivity index (χ4n) is 2.54. The molecular weight excluding hydrogens is 382 g/mol. The van der Waals surface area contributed by atoms with E-state index in [-0.39, 0.29) is 11.6 Å². The van der Waals surface area contributed by atoms with E-state index in [4.69, 9.17) is 0 Å². The first-order valence-corrected chi connectivity index (χ1v) is 8.69. The van der Waals surface area contributed by atoms with Crippen LogP contribution >= 0.6 is 27.3 Å². The summed E-state index contributed by atoms with van der Waals surface area (Å²) in [7, 11) is 0. The first kappa shape index (κ1) is 15.9. The summed E-state index contributed by atoms with van der Waals surface area (Å²) >= 11 is 4.81. The zero-order valence-corrected chi connectivity index (χ0v) is 14.5. The molecule has 1 aliphatic heterocycles. The van der Waals surface area contributed by atoms with Gasteiger partial charge in [-0.2, -0.15) is 0 Å². The van der Waals surface area contributed by atoms with Crippen molar-refractivity contribution < 1.29 is 9.72 Å². The number of nitrogens with zero attached hydrogens (tertiary/aromatic N) is 3. The predicted molar refractivity (Wildman–Crippen MR) is 93.2 cm³/mol. The maximum atomic E-state index is 12.4. The number of carbonyl (C=O) groups is 1. The van der Waals surface area contributed by atoms with Gasteiger partial charge in [-0.15, -0.1) is 11.3 Å². The lowest BCUT2D eigenvalue weighted by molar-refractivity contribution is -0.384. The van der Waals surface area contributed by atoms with Crippen LogP contribution in [0.4, 0.5) is 11.4 Å². The van der Waals surface area contributed by atoms with Gasteiger partial charge in [0.2, 0.25) is 0 Å². The second-order valence-electron chi connectivity index (χ2n) is 5.16. The van der Waals surface area contributed by atoms with E-state index in [1.165, 1.54) is 23.5 Å². The van der Waals surface area contributed by atoms with Crippen molar-refractivity contribution in [3.63, 3.8) is 0 Å². The van der Waals surface area contributed by atoms with Gasteiger partial charge in [-0.3, -0.25) is 14.9 Å². The Hall–Kier alpha value is -1.93. The molecule has 1 fully saturated rings. The van der Waals surface area contributed by atoms with E-state index in [1.54, 1.807) is 12.1 Å². The fourth-order valence-corrected chi connectivity index (χ4v) is 3.89. The zero-order chi connectivity index (χ0) is 16.4. The van der Waals surface area contributed by atoms with Crippen molar-refractivity contribution >= 4 is 44.5 Å². The monoisotopic (exact) mass is 395 g/mol. The second-order valence-corrected chi connectivity index (χ2v) is 7.62. The molecule has 3 rings (SSSR count). The molecule has 0 bridgehead atoms. The van der Waals surface area contributed by atoms with Gasteiger partial charge in [-0.25, -0.2) is 0 Å². The Bertz CT molecular complexity index is 724. The quantitative estimate of drug-likeness (QED) is 0.589. The standard InChI is InChI=1S/C15H14BrN3O3S/c16-14-6-5-13(23-14)15(20)18-9-7-17(8-10-18)11-1-3-12(4-2-11)19(21)22/h1-6H,7-10H2. The highest BCUT2D eigenvalue weighted by molar-refractivity contribution is 9.11. The van der Waals surface area contributed by atoms with Crippen LogP contribution in [0.25, 0.3) is 0 Å². The SMILES string of the molecule is O=C(c1ccc(Br)s1)N1CCN(c2ccc([N+](=O)[O-])cc2)CC1. The van der Waals surface area contributed by atoms with Crippen molar-refractivity contribution in [2.45, 2.75) is 0 Å². The van der Waals surface area contributed by atoms with Crippen molar-refractivity contribution in [1.29, 1.82) is 0 Å². The molecule has 1 amide bonds. The van der Waals surface area contributed by atoms with E-state index < -0.39 is 4.92 Å². The van der Waals surface area contributed by atoms with Crippen molar-refractivity contribution in [3.05, 3.63) is 55.2 Å². The topological polar surface area (TPSA) is 66.7 Å². The van der Waals surface area contributed by atoms with Gasteiger partial charge >= 0.3 is 0 Å². The first-order valence-electron chi connectivity index (χ1n) is 7.08. The van der Waals surface area contributed by atoms with E-state index in [0.717, 1.165) is 27.4 Å². The third-order valence-electron chi connectivity index (χ3n) is 3.78. The zero-order valence-electron chi connectivity index (χ0n) is 12.1.